The molecule has 0 saturated carbocycles. The molecule has 0 radical (unpaired) electrons. The first-order valence-electron chi connectivity index (χ1n) is 12.1. The van der Waals surface area contributed by atoms with Gasteiger partial charge < -0.3 is 19.9 Å². The van der Waals surface area contributed by atoms with Gasteiger partial charge in [-0.1, -0.05) is 6.07 Å². The predicted molar refractivity (Wildman–Crippen MR) is 141 cm³/mol. The van der Waals surface area contributed by atoms with Gasteiger partial charge in [-0.15, -0.1) is 0 Å². The van der Waals surface area contributed by atoms with Crippen LogP contribution in [0.25, 0.3) is 11.3 Å². The fourth-order valence-corrected chi connectivity index (χ4v) is 4.45. The van der Waals surface area contributed by atoms with Crippen molar-refractivity contribution in [1.82, 2.24) is 14.9 Å². The van der Waals surface area contributed by atoms with Gasteiger partial charge in [0, 0.05) is 43.2 Å². The average molecular weight is 499 g/mol. The van der Waals surface area contributed by atoms with Crippen LogP contribution in [0, 0.1) is 11.3 Å². The Morgan fingerprint density at radius 3 is 2.59 bits per heavy atom. The first kappa shape index (κ1) is 25.8. The van der Waals surface area contributed by atoms with Gasteiger partial charge in [0.15, 0.2) is 0 Å². The highest BCUT2D eigenvalue weighted by molar-refractivity contribution is 5.94. The molecule has 3 aromatic rings. The zero-order valence-corrected chi connectivity index (χ0v) is 21.4. The third-order valence-corrected chi connectivity index (χ3v) is 6.30. The van der Waals surface area contributed by atoms with Crippen LogP contribution in [0.3, 0.4) is 0 Å². The van der Waals surface area contributed by atoms with E-state index < -0.39 is 5.97 Å². The van der Waals surface area contributed by atoms with Crippen molar-refractivity contribution in [1.29, 1.82) is 5.26 Å². The molecule has 0 bridgehead atoms. The number of hydrogen-bond acceptors (Lipinski definition) is 8. The number of esters is 1. The number of hydrogen-bond donors (Lipinski definition) is 1. The van der Waals surface area contributed by atoms with E-state index in [0.29, 0.717) is 42.2 Å². The first-order valence-corrected chi connectivity index (χ1v) is 12.1. The molecule has 2 aromatic heterocycles. The summed E-state index contributed by atoms with van der Waals surface area (Å²) in [6, 6.07) is 14.9. The topological polar surface area (TPSA) is 111 Å². The maximum Gasteiger partial charge on any atom is 0.339 e. The number of nitriles is 1. The van der Waals surface area contributed by atoms with Crippen LogP contribution in [0.4, 0.5) is 11.5 Å². The number of aromatic nitrogens is 2. The third kappa shape index (κ3) is 5.93. The van der Waals surface area contributed by atoms with Gasteiger partial charge in [0.05, 0.1) is 22.9 Å². The van der Waals surface area contributed by atoms with Gasteiger partial charge in [-0.3, -0.25) is 9.78 Å². The number of nitrogens with zero attached hydrogens (tertiary/aromatic N) is 5. The second-order valence-corrected chi connectivity index (χ2v) is 9.36. The number of ether oxygens (including phenoxy) is 1. The van der Waals surface area contributed by atoms with E-state index in [-0.39, 0.29) is 18.0 Å². The summed E-state index contributed by atoms with van der Waals surface area (Å²) in [5.74, 6) is 0.224. The molecule has 1 N–H and O–H groups in total. The fourth-order valence-electron chi connectivity index (χ4n) is 4.45. The summed E-state index contributed by atoms with van der Waals surface area (Å²) in [6.45, 7) is 4.56. The van der Waals surface area contributed by atoms with Gasteiger partial charge in [0.25, 0.3) is 0 Å². The van der Waals surface area contributed by atoms with Gasteiger partial charge in [-0.25, -0.2) is 9.78 Å². The second-order valence-electron chi connectivity index (χ2n) is 9.36. The van der Waals surface area contributed by atoms with E-state index in [0.717, 1.165) is 16.8 Å². The van der Waals surface area contributed by atoms with E-state index in [1.807, 2.05) is 49.0 Å². The maximum atomic E-state index is 12.5. The van der Waals surface area contributed by atoms with Crippen molar-refractivity contribution in [3.05, 3.63) is 71.5 Å². The van der Waals surface area contributed by atoms with Crippen molar-refractivity contribution < 1.29 is 14.3 Å². The quantitative estimate of drug-likeness (QED) is 0.486. The molecule has 190 valence electrons. The number of anilines is 2. The number of carbonyl (C=O) groups is 2. The van der Waals surface area contributed by atoms with Gasteiger partial charge in [0.1, 0.15) is 18.5 Å². The monoisotopic (exact) mass is 498 g/mol. The highest BCUT2D eigenvalue weighted by Crippen LogP contribution is 2.40. The highest BCUT2D eigenvalue weighted by Gasteiger charge is 2.33. The summed E-state index contributed by atoms with van der Waals surface area (Å²) >= 11 is 0. The molecule has 1 amide bonds. The normalized spacial score (nSPS) is 16.6. The Kier molecular flexibility index (Phi) is 7.80. The molecule has 9 heteroatoms. The lowest BCUT2D eigenvalue weighted by Crippen LogP contribution is -2.43. The number of likely N-dealkylation sites (N-methyl/N-ethyl adjacent to an activating group) is 1. The van der Waals surface area contributed by atoms with E-state index in [4.69, 9.17) is 10.00 Å². The van der Waals surface area contributed by atoms with Crippen LogP contribution >= 0.6 is 0 Å². The number of fused-ring (bicyclic) bond motifs is 1. The lowest BCUT2D eigenvalue weighted by Gasteiger charge is -2.39. The standard InChI is InChI=1S/C28H30N6O3/c1-18-13-25(32-27-10-5-20(15-29)16-31-27)23-14-21(7-9-26(23)34(18)19(2)35)24-8-6-22(17-30-24)28(36)37-12-11-33(3)4/h5-10,14,16-18,25H,11-13H2,1-4H3,(H,31,32)/t18-,25-/m1/s1. The molecular weight excluding hydrogens is 468 g/mol. The Morgan fingerprint density at radius 1 is 1.16 bits per heavy atom. The minimum atomic E-state index is -0.406. The molecule has 0 unspecified atom stereocenters. The van der Waals surface area contributed by atoms with Crippen molar-refractivity contribution in [2.24, 2.45) is 0 Å². The Bertz CT molecular complexity index is 1320. The van der Waals surface area contributed by atoms with Gasteiger partial charge in [0.2, 0.25) is 5.91 Å². The van der Waals surface area contributed by atoms with Gasteiger partial charge in [-0.05, 0) is 69.4 Å². The molecule has 0 fully saturated rings. The van der Waals surface area contributed by atoms with Crippen LogP contribution in [0.5, 0.6) is 0 Å². The summed E-state index contributed by atoms with van der Waals surface area (Å²) < 4.78 is 5.30. The van der Waals surface area contributed by atoms with Crippen molar-refractivity contribution in [2.75, 3.05) is 37.5 Å². The Hall–Kier alpha value is -4.29. The summed E-state index contributed by atoms with van der Waals surface area (Å²) in [6.07, 6.45) is 3.74. The molecule has 3 heterocycles. The number of rotatable bonds is 7. The number of benzene rings is 1. The van der Waals surface area contributed by atoms with E-state index in [2.05, 4.69) is 21.4 Å². The third-order valence-electron chi connectivity index (χ3n) is 6.30. The summed E-state index contributed by atoms with van der Waals surface area (Å²) in [5.41, 5.74) is 4.24. The van der Waals surface area contributed by atoms with Crippen molar-refractivity contribution in [3.8, 4) is 17.3 Å². The van der Waals surface area contributed by atoms with Crippen LogP contribution in [-0.2, 0) is 9.53 Å². The zero-order valence-electron chi connectivity index (χ0n) is 21.4. The van der Waals surface area contributed by atoms with E-state index >= 15 is 0 Å². The summed E-state index contributed by atoms with van der Waals surface area (Å²) in [4.78, 5) is 37.4. The SMILES string of the molecule is CC(=O)N1c2ccc(-c3ccc(C(=O)OCCN(C)C)cn3)cc2[C@H](Nc2ccc(C#N)cn2)C[C@H]1C. The predicted octanol–water partition coefficient (Wildman–Crippen LogP) is 4.03. The molecule has 0 saturated heterocycles. The molecule has 1 aliphatic heterocycles. The second kappa shape index (κ2) is 11.2. The molecule has 2 atom stereocenters. The van der Waals surface area contributed by atoms with E-state index in [9.17, 15) is 9.59 Å². The van der Waals surface area contributed by atoms with Gasteiger partial charge >= 0.3 is 5.97 Å². The van der Waals surface area contributed by atoms with E-state index in [1.54, 1.807) is 31.2 Å². The van der Waals surface area contributed by atoms with E-state index in [1.165, 1.54) is 12.4 Å². The molecule has 0 aliphatic carbocycles. The molecule has 37 heavy (non-hydrogen) atoms. The highest BCUT2D eigenvalue weighted by atomic mass is 16.5. The summed E-state index contributed by atoms with van der Waals surface area (Å²) in [5, 5.41) is 12.5. The summed E-state index contributed by atoms with van der Waals surface area (Å²) in [7, 11) is 3.83. The smallest absolute Gasteiger partial charge is 0.339 e. The van der Waals surface area contributed by atoms with Crippen LogP contribution in [-0.4, -0.2) is 60.0 Å². The Labute approximate surface area is 216 Å². The Morgan fingerprint density at radius 2 is 1.97 bits per heavy atom. The van der Waals surface area contributed by atoms with Crippen LogP contribution < -0.4 is 10.2 Å². The van der Waals surface area contributed by atoms with Crippen molar-refractivity contribution >= 4 is 23.4 Å². The van der Waals surface area contributed by atoms with Crippen molar-refractivity contribution in [2.45, 2.75) is 32.4 Å². The van der Waals surface area contributed by atoms with Crippen LogP contribution in [0.1, 0.15) is 47.8 Å². The molecule has 1 aliphatic rings. The maximum absolute atomic E-state index is 12.5. The number of nitrogens with one attached hydrogen (secondary N) is 1. The largest absolute Gasteiger partial charge is 0.461 e. The lowest BCUT2D eigenvalue weighted by molar-refractivity contribution is -0.117. The molecule has 1 aromatic carbocycles. The average Bonchev–Trinajstić information content (AvgIpc) is 2.88. The fraction of sp³-hybridized carbons (Fsp3) is 0.321. The van der Waals surface area contributed by atoms with Crippen molar-refractivity contribution in [3.63, 3.8) is 0 Å². The Balaban J connectivity index is 1.61. The molecular formula is C28H30N6O3. The first-order chi connectivity index (χ1) is 17.8. The lowest BCUT2D eigenvalue weighted by atomic mass is 9.89. The van der Waals surface area contributed by atoms with Crippen LogP contribution in [0.15, 0.2) is 54.9 Å². The minimum Gasteiger partial charge on any atom is -0.461 e. The van der Waals surface area contributed by atoms with Gasteiger partial charge in [-0.2, -0.15) is 5.26 Å². The minimum absolute atomic E-state index is 0.0114. The number of carbonyl (C=O) groups excluding carboxylic acids is 2. The van der Waals surface area contributed by atoms with Crippen LogP contribution in [0.2, 0.25) is 0 Å². The molecule has 0 spiro atoms. The molecule has 9 nitrogen and oxygen atoms in total. The molecule has 4 rings (SSSR count). The zero-order chi connectivity index (χ0) is 26.5. The number of pyridine rings is 2. The number of amides is 1.